The Bertz CT molecular complexity index is 716. The first kappa shape index (κ1) is 16.4. The maximum atomic E-state index is 6.23. The quantitative estimate of drug-likeness (QED) is 0.909. The summed E-state index contributed by atoms with van der Waals surface area (Å²) in [6, 6.07) is 3.73. The van der Waals surface area contributed by atoms with Gasteiger partial charge in [-0.2, -0.15) is 4.98 Å². The van der Waals surface area contributed by atoms with Crippen LogP contribution in [0.3, 0.4) is 0 Å². The van der Waals surface area contributed by atoms with E-state index in [9.17, 15) is 0 Å². The zero-order valence-electron chi connectivity index (χ0n) is 12.4. The summed E-state index contributed by atoms with van der Waals surface area (Å²) in [4.78, 5) is 4.42. The van der Waals surface area contributed by atoms with E-state index in [-0.39, 0.29) is 12.4 Å². The molecule has 0 bridgehead atoms. The highest BCUT2D eigenvalue weighted by molar-refractivity contribution is 6.32. The van der Waals surface area contributed by atoms with E-state index >= 15 is 0 Å². The number of hydrogen-bond donors (Lipinski definition) is 1. The zero-order valence-corrected chi connectivity index (χ0v) is 14.0. The lowest BCUT2D eigenvalue weighted by molar-refractivity contribution is 0.171. The molecule has 0 unspecified atom stereocenters. The van der Waals surface area contributed by atoms with Crippen LogP contribution in [0.2, 0.25) is 5.02 Å². The summed E-state index contributed by atoms with van der Waals surface area (Å²) in [6.07, 6.45) is 3.40. The highest BCUT2D eigenvalue weighted by atomic mass is 35.5. The van der Waals surface area contributed by atoms with Crippen LogP contribution in [0.4, 0.5) is 0 Å². The third kappa shape index (κ3) is 2.98. The van der Waals surface area contributed by atoms with E-state index in [0.29, 0.717) is 47.9 Å². The molecule has 2 aromatic rings. The van der Waals surface area contributed by atoms with Crippen LogP contribution in [0.25, 0.3) is 0 Å². The lowest BCUT2D eigenvalue weighted by Gasteiger charge is -2.34. The Morgan fingerprint density at radius 2 is 2.00 bits per heavy atom. The smallest absolute Gasteiger partial charge is 0.231 e. The zero-order chi connectivity index (χ0) is 15.2. The molecule has 1 aromatic heterocycles. The fourth-order valence-electron chi connectivity index (χ4n) is 2.75. The molecule has 0 amide bonds. The summed E-state index contributed by atoms with van der Waals surface area (Å²) in [7, 11) is 0. The maximum absolute atomic E-state index is 6.23. The molecule has 0 atom stereocenters. The molecule has 1 saturated carbocycles. The molecule has 23 heavy (non-hydrogen) atoms. The van der Waals surface area contributed by atoms with Gasteiger partial charge in [-0.3, -0.25) is 0 Å². The Kier molecular flexibility index (Phi) is 4.40. The van der Waals surface area contributed by atoms with Gasteiger partial charge >= 0.3 is 0 Å². The standard InChI is InChI=1S/C15H16ClN3O3.ClH/c16-10-6-9(7-11-13(10)21-5-4-20-11)8-12-18-14(19-22-12)15(17)2-1-3-15;/h6-7H,1-5,8,17H2;1H. The Morgan fingerprint density at radius 1 is 1.22 bits per heavy atom. The molecule has 6 nitrogen and oxygen atoms in total. The summed E-state index contributed by atoms with van der Waals surface area (Å²) in [5.74, 6) is 2.37. The molecule has 1 aliphatic carbocycles. The normalized spacial score (nSPS) is 18.0. The lowest BCUT2D eigenvalue weighted by Crippen LogP contribution is -2.44. The topological polar surface area (TPSA) is 83.4 Å². The van der Waals surface area contributed by atoms with Gasteiger partial charge in [0.1, 0.15) is 13.2 Å². The van der Waals surface area contributed by atoms with Crippen LogP contribution < -0.4 is 15.2 Å². The molecule has 124 valence electrons. The van der Waals surface area contributed by atoms with Crippen LogP contribution in [0, 0.1) is 0 Å². The molecule has 2 aliphatic rings. The third-order valence-corrected chi connectivity index (χ3v) is 4.45. The molecule has 2 heterocycles. The summed E-state index contributed by atoms with van der Waals surface area (Å²) in [6.45, 7) is 1.03. The predicted octanol–water partition coefficient (Wildman–Crippen LogP) is 2.84. The summed E-state index contributed by atoms with van der Waals surface area (Å²) >= 11 is 6.23. The first-order chi connectivity index (χ1) is 10.6. The first-order valence-corrected chi connectivity index (χ1v) is 7.72. The Morgan fingerprint density at radius 3 is 2.74 bits per heavy atom. The van der Waals surface area contributed by atoms with E-state index in [1.165, 1.54) is 0 Å². The minimum absolute atomic E-state index is 0. The van der Waals surface area contributed by atoms with Gasteiger partial charge in [0, 0.05) is 0 Å². The molecule has 1 fully saturated rings. The van der Waals surface area contributed by atoms with Crippen molar-refractivity contribution >= 4 is 24.0 Å². The number of benzene rings is 1. The molecule has 1 aromatic carbocycles. The van der Waals surface area contributed by atoms with Crippen LogP contribution in [0.15, 0.2) is 16.7 Å². The molecule has 0 spiro atoms. The van der Waals surface area contributed by atoms with Gasteiger partial charge in [0.15, 0.2) is 17.3 Å². The highest BCUT2D eigenvalue weighted by Gasteiger charge is 2.38. The van der Waals surface area contributed by atoms with E-state index < -0.39 is 5.54 Å². The molecule has 1 aliphatic heterocycles. The SMILES string of the molecule is Cl.NC1(c2noc(Cc3cc(Cl)c4c(c3)OCCO4)n2)CCC1. The monoisotopic (exact) mass is 357 g/mol. The van der Waals surface area contributed by atoms with Crippen molar-refractivity contribution in [1.82, 2.24) is 10.1 Å². The van der Waals surface area contributed by atoms with E-state index in [0.717, 1.165) is 24.8 Å². The van der Waals surface area contributed by atoms with E-state index in [2.05, 4.69) is 10.1 Å². The van der Waals surface area contributed by atoms with Crippen molar-refractivity contribution in [2.75, 3.05) is 13.2 Å². The second kappa shape index (κ2) is 6.19. The van der Waals surface area contributed by atoms with E-state index in [1.54, 1.807) is 0 Å². The number of rotatable bonds is 3. The highest BCUT2D eigenvalue weighted by Crippen LogP contribution is 2.39. The van der Waals surface area contributed by atoms with E-state index in [1.807, 2.05) is 12.1 Å². The Labute approximate surface area is 144 Å². The largest absolute Gasteiger partial charge is 0.486 e. The molecule has 4 rings (SSSR count). The third-order valence-electron chi connectivity index (χ3n) is 4.17. The average molecular weight is 358 g/mol. The van der Waals surface area contributed by atoms with E-state index in [4.69, 9.17) is 31.3 Å². The predicted molar refractivity (Wildman–Crippen MR) is 86.5 cm³/mol. The second-order valence-corrected chi connectivity index (χ2v) is 6.21. The van der Waals surface area contributed by atoms with Gasteiger partial charge < -0.3 is 19.7 Å². The van der Waals surface area contributed by atoms with Gasteiger partial charge in [0.05, 0.1) is 17.0 Å². The van der Waals surface area contributed by atoms with Crippen molar-refractivity contribution < 1.29 is 14.0 Å². The number of nitrogens with two attached hydrogens (primary N) is 1. The van der Waals surface area contributed by atoms with Crippen LogP contribution in [0.1, 0.15) is 36.5 Å². The number of fused-ring (bicyclic) bond motifs is 1. The van der Waals surface area contributed by atoms with Gasteiger partial charge in [0.25, 0.3) is 0 Å². The molecular weight excluding hydrogens is 341 g/mol. The Hall–Kier alpha value is -1.50. The van der Waals surface area contributed by atoms with Crippen molar-refractivity contribution in [2.24, 2.45) is 5.73 Å². The minimum atomic E-state index is -0.411. The first-order valence-electron chi connectivity index (χ1n) is 7.34. The molecule has 8 heteroatoms. The lowest BCUT2D eigenvalue weighted by atomic mass is 9.77. The number of halogens is 2. The van der Waals surface area contributed by atoms with Gasteiger partial charge in [0.2, 0.25) is 5.89 Å². The van der Waals surface area contributed by atoms with Gasteiger partial charge in [-0.05, 0) is 37.0 Å². The average Bonchev–Trinajstić information content (AvgIpc) is 2.94. The van der Waals surface area contributed by atoms with Crippen LogP contribution in [-0.4, -0.2) is 23.4 Å². The molecule has 0 saturated heterocycles. The number of hydrogen-bond acceptors (Lipinski definition) is 6. The summed E-state index contributed by atoms with van der Waals surface area (Å²) < 4.78 is 16.4. The van der Waals surface area contributed by atoms with Crippen LogP contribution in [-0.2, 0) is 12.0 Å². The summed E-state index contributed by atoms with van der Waals surface area (Å²) in [5.41, 5.74) is 6.73. The van der Waals surface area contributed by atoms with Crippen LogP contribution >= 0.6 is 24.0 Å². The van der Waals surface area contributed by atoms with Crippen molar-refractivity contribution in [3.05, 3.63) is 34.4 Å². The summed E-state index contributed by atoms with van der Waals surface area (Å²) in [5, 5.41) is 4.54. The molecular formula is C15H17Cl2N3O3. The van der Waals surface area contributed by atoms with Crippen molar-refractivity contribution in [2.45, 2.75) is 31.2 Å². The van der Waals surface area contributed by atoms with Gasteiger partial charge in [-0.15, -0.1) is 12.4 Å². The number of aromatic nitrogens is 2. The number of ether oxygens (including phenoxy) is 2. The van der Waals surface area contributed by atoms with Gasteiger partial charge in [-0.25, -0.2) is 0 Å². The maximum Gasteiger partial charge on any atom is 0.231 e. The fraction of sp³-hybridized carbons (Fsp3) is 0.467. The van der Waals surface area contributed by atoms with Crippen molar-refractivity contribution in [1.29, 1.82) is 0 Å². The molecule has 0 radical (unpaired) electrons. The Balaban J connectivity index is 0.00000156. The van der Waals surface area contributed by atoms with Crippen molar-refractivity contribution in [3.63, 3.8) is 0 Å². The molecule has 2 N–H and O–H groups in total. The van der Waals surface area contributed by atoms with Crippen molar-refractivity contribution in [3.8, 4) is 11.5 Å². The second-order valence-electron chi connectivity index (χ2n) is 5.80. The van der Waals surface area contributed by atoms with Crippen LogP contribution in [0.5, 0.6) is 11.5 Å². The number of nitrogens with zero attached hydrogens (tertiary/aromatic N) is 2. The fourth-order valence-corrected chi connectivity index (χ4v) is 3.04. The minimum Gasteiger partial charge on any atom is -0.486 e. The van der Waals surface area contributed by atoms with Gasteiger partial charge in [-0.1, -0.05) is 16.8 Å².